The topological polar surface area (TPSA) is 92.1 Å². The summed E-state index contributed by atoms with van der Waals surface area (Å²) >= 11 is 7.74. The van der Waals surface area contributed by atoms with Crippen LogP contribution in [-0.2, 0) is 19.5 Å². The van der Waals surface area contributed by atoms with E-state index in [1.165, 1.54) is 23.5 Å². The molecular formula is C18H15ClN4O3S. The molecule has 2 aromatic heterocycles. The second-order valence-corrected chi connectivity index (χ2v) is 7.67. The number of nitrogens with one attached hydrogen (secondary N) is 1. The highest BCUT2D eigenvalue weighted by Crippen LogP contribution is 2.26. The lowest BCUT2D eigenvalue weighted by atomic mass is 10.1. The van der Waals surface area contributed by atoms with E-state index in [0.29, 0.717) is 48.0 Å². The fraction of sp³-hybridized carbons (Fsp3) is 0.222. The number of hydrogen-bond acceptors (Lipinski definition) is 6. The number of thiophene rings is 1. The molecule has 0 spiro atoms. The standard InChI is InChI=1S/C18H15ClN4O3S/c19-14-4-3-12(23(25)26)8-11(14)9-22-6-5-13-15(10-22)20-17(21-18(13)24)16-2-1-7-27-16/h1-4,7-8H,5-6,9-10H2,(H,20,21,24). The van der Waals surface area contributed by atoms with Gasteiger partial charge in [0, 0.05) is 42.4 Å². The third-order valence-corrected chi connectivity index (χ3v) is 5.79. The summed E-state index contributed by atoms with van der Waals surface area (Å²) in [7, 11) is 0. The molecule has 0 atom stereocenters. The first-order chi connectivity index (χ1) is 13.0. The molecule has 0 saturated carbocycles. The predicted octanol–water partition coefficient (Wildman–Crippen LogP) is 3.62. The number of nitrogens with zero attached hydrogens (tertiary/aromatic N) is 3. The van der Waals surface area contributed by atoms with Crippen LogP contribution in [0.25, 0.3) is 10.7 Å². The van der Waals surface area contributed by atoms with Crippen LogP contribution < -0.4 is 5.56 Å². The normalized spacial score (nSPS) is 14.1. The van der Waals surface area contributed by atoms with Gasteiger partial charge in [-0.1, -0.05) is 17.7 Å². The van der Waals surface area contributed by atoms with Crippen molar-refractivity contribution in [2.75, 3.05) is 6.54 Å². The summed E-state index contributed by atoms with van der Waals surface area (Å²) < 4.78 is 0. The van der Waals surface area contributed by atoms with E-state index in [0.717, 1.165) is 10.6 Å². The maximum atomic E-state index is 12.4. The number of non-ortho nitro benzene ring substituents is 1. The number of fused-ring (bicyclic) bond motifs is 1. The molecule has 1 aliphatic rings. The van der Waals surface area contributed by atoms with Crippen molar-refractivity contribution in [3.05, 3.63) is 78.0 Å². The minimum absolute atomic E-state index is 0.0151. The van der Waals surface area contributed by atoms with Crippen LogP contribution >= 0.6 is 22.9 Å². The second kappa shape index (κ2) is 7.22. The maximum absolute atomic E-state index is 12.4. The zero-order chi connectivity index (χ0) is 19.0. The molecule has 7 nitrogen and oxygen atoms in total. The second-order valence-electron chi connectivity index (χ2n) is 6.31. The van der Waals surface area contributed by atoms with Crippen LogP contribution in [0.15, 0.2) is 40.5 Å². The maximum Gasteiger partial charge on any atom is 0.269 e. The van der Waals surface area contributed by atoms with Crippen molar-refractivity contribution in [2.24, 2.45) is 0 Å². The van der Waals surface area contributed by atoms with E-state index in [1.54, 1.807) is 6.07 Å². The molecule has 0 radical (unpaired) electrons. The quantitative estimate of drug-likeness (QED) is 0.531. The summed E-state index contributed by atoms with van der Waals surface area (Å²) in [4.78, 5) is 33.5. The molecule has 0 unspecified atom stereocenters. The van der Waals surface area contributed by atoms with Gasteiger partial charge in [-0.3, -0.25) is 19.8 Å². The van der Waals surface area contributed by atoms with Gasteiger partial charge in [-0.15, -0.1) is 11.3 Å². The first kappa shape index (κ1) is 17.8. The lowest BCUT2D eigenvalue weighted by Gasteiger charge is -2.27. The third-order valence-electron chi connectivity index (χ3n) is 4.54. The molecule has 1 aromatic carbocycles. The van der Waals surface area contributed by atoms with E-state index in [-0.39, 0.29) is 11.2 Å². The van der Waals surface area contributed by atoms with Gasteiger partial charge in [0.2, 0.25) is 0 Å². The summed E-state index contributed by atoms with van der Waals surface area (Å²) in [5, 5.41) is 13.4. The van der Waals surface area contributed by atoms with Crippen molar-refractivity contribution in [3.8, 4) is 10.7 Å². The van der Waals surface area contributed by atoms with Gasteiger partial charge in [0.15, 0.2) is 5.82 Å². The van der Waals surface area contributed by atoms with Crippen LogP contribution in [0, 0.1) is 10.1 Å². The Labute approximate surface area is 163 Å². The van der Waals surface area contributed by atoms with Crippen molar-refractivity contribution in [3.63, 3.8) is 0 Å². The largest absolute Gasteiger partial charge is 0.306 e. The summed E-state index contributed by atoms with van der Waals surface area (Å²) in [6, 6.07) is 8.27. The van der Waals surface area contributed by atoms with Crippen molar-refractivity contribution in [1.82, 2.24) is 14.9 Å². The smallest absolute Gasteiger partial charge is 0.269 e. The van der Waals surface area contributed by atoms with E-state index >= 15 is 0 Å². The Balaban J connectivity index is 1.61. The molecule has 0 amide bonds. The Morgan fingerprint density at radius 1 is 1.37 bits per heavy atom. The minimum atomic E-state index is -0.431. The minimum Gasteiger partial charge on any atom is -0.306 e. The summed E-state index contributed by atoms with van der Waals surface area (Å²) in [6.07, 6.45) is 0.578. The Bertz CT molecular complexity index is 1060. The summed E-state index contributed by atoms with van der Waals surface area (Å²) in [5.74, 6) is 0.573. The van der Waals surface area contributed by atoms with Gasteiger partial charge in [0.25, 0.3) is 11.2 Å². The van der Waals surface area contributed by atoms with Crippen LogP contribution in [-0.4, -0.2) is 26.3 Å². The van der Waals surface area contributed by atoms with Gasteiger partial charge in [-0.2, -0.15) is 0 Å². The molecular weight excluding hydrogens is 388 g/mol. The summed E-state index contributed by atoms with van der Waals surface area (Å²) in [6.45, 7) is 1.62. The highest BCUT2D eigenvalue weighted by Gasteiger charge is 2.23. The predicted molar refractivity (Wildman–Crippen MR) is 104 cm³/mol. The van der Waals surface area contributed by atoms with Crippen LogP contribution in [0.3, 0.4) is 0 Å². The Kier molecular flexibility index (Phi) is 4.77. The van der Waals surface area contributed by atoms with E-state index in [4.69, 9.17) is 11.6 Å². The number of hydrogen-bond donors (Lipinski definition) is 1. The fourth-order valence-corrected chi connectivity index (χ4v) is 4.04. The lowest BCUT2D eigenvalue weighted by Crippen LogP contribution is -2.35. The number of halogens is 1. The van der Waals surface area contributed by atoms with E-state index in [1.807, 2.05) is 17.5 Å². The van der Waals surface area contributed by atoms with Crippen LogP contribution in [0.2, 0.25) is 5.02 Å². The Hall–Kier alpha value is -2.55. The van der Waals surface area contributed by atoms with Gasteiger partial charge >= 0.3 is 0 Å². The van der Waals surface area contributed by atoms with E-state index in [9.17, 15) is 14.9 Å². The lowest BCUT2D eigenvalue weighted by molar-refractivity contribution is -0.384. The molecule has 138 valence electrons. The van der Waals surface area contributed by atoms with Crippen molar-refractivity contribution in [1.29, 1.82) is 0 Å². The Morgan fingerprint density at radius 2 is 2.22 bits per heavy atom. The number of aromatic nitrogens is 2. The molecule has 0 bridgehead atoms. The zero-order valence-electron chi connectivity index (χ0n) is 14.1. The average Bonchev–Trinajstić information content (AvgIpc) is 3.18. The van der Waals surface area contributed by atoms with Gasteiger partial charge in [0.1, 0.15) is 0 Å². The highest BCUT2D eigenvalue weighted by atomic mass is 35.5. The summed E-state index contributed by atoms with van der Waals surface area (Å²) in [5.41, 5.74) is 2.06. The molecule has 0 fully saturated rings. The van der Waals surface area contributed by atoms with Gasteiger partial charge in [0.05, 0.1) is 15.5 Å². The van der Waals surface area contributed by atoms with Gasteiger partial charge in [-0.25, -0.2) is 4.98 Å². The van der Waals surface area contributed by atoms with E-state index in [2.05, 4.69) is 14.9 Å². The molecule has 27 heavy (non-hydrogen) atoms. The van der Waals surface area contributed by atoms with Crippen molar-refractivity contribution in [2.45, 2.75) is 19.5 Å². The number of aromatic amines is 1. The molecule has 0 aliphatic carbocycles. The monoisotopic (exact) mass is 402 g/mol. The van der Waals surface area contributed by atoms with Crippen molar-refractivity contribution < 1.29 is 4.92 Å². The highest BCUT2D eigenvalue weighted by molar-refractivity contribution is 7.13. The molecule has 1 N–H and O–H groups in total. The third kappa shape index (κ3) is 3.64. The van der Waals surface area contributed by atoms with Crippen LogP contribution in [0.1, 0.15) is 16.8 Å². The fourth-order valence-electron chi connectivity index (χ4n) is 3.20. The Morgan fingerprint density at radius 3 is 2.96 bits per heavy atom. The number of benzene rings is 1. The molecule has 4 rings (SSSR count). The van der Waals surface area contributed by atoms with Crippen LogP contribution in [0.5, 0.6) is 0 Å². The zero-order valence-corrected chi connectivity index (χ0v) is 15.7. The van der Waals surface area contributed by atoms with Gasteiger partial charge < -0.3 is 4.98 Å². The van der Waals surface area contributed by atoms with E-state index < -0.39 is 4.92 Å². The first-order valence-electron chi connectivity index (χ1n) is 8.32. The molecule has 1 aliphatic heterocycles. The SMILES string of the molecule is O=c1[nH]c(-c2cccs2)nc2c1CCN(Cc1cc([N+](=O)[O-])ccc1Cl)C2. The number of nitro groups is 1. The molecule has 3 heterocycles. The number of nitro benzene ring substituents is 1. The molecule has 9 heteroatoms. The van der Waals surface area contributed by atoms with Crippen LogP contribution in [0.4, 0.5) is 5.69 Å². The number of rotatable bonds is 4. The molecule has 0 saturated heterocycles. The van der Waals surface area contributed by atoms with Gasteiger partial charge in [-0.05, 0) is 29.5 Å². The number of H-pyrrole nitrogens is 1. The molecule has 3 aromatic rings. The average molecular weight is 403 g/mol. The van der Waals surface area contributed by atoms with Crippen molar-refractivity contribution >= 4 is 28.6 Å². The first-order valence-corrected chi connectivity index (χ1v) is 9.58.